The summed E-state index contributed by atoms with van der Waals surface area (Å²) >= 11 is 3.46. The van der Waals surface area contributed by atoms with Gasteiger partial charge in [0.25, 0.3) is 0 Å². The number of rotatable bonds is 4. The van der Waals surface area contributed by atoms with Gasteiger partial charge in [0.1, 0.15) is 5.82 Å². The number of nitrogen functional groups attached to an aromatic ring is 1. The summed E-state index contributed by atoms with van der Waals surface area (Å²) in [6.07, 6.45) is 3.20. The molecule has 0 atom stereocenters. The van der Waals surface area contributed by atoms with Crippen LogP contribution < -0.4 is 16.7 Å². The lowest BCUT2D eigenvalue weighted by molar-refractivity contribution is 0.674. The van der Waals surface area contributed by atoms with E-state index in [-0.39, 0.29) is 5.69 Å². The van der Waals surface area contributed by atoms with Gasteiger partial charge < -0.3 is 11.1 Å². The maximum absolute atomic E-state index is 11.6. The van der Waals surface area contributed by atoms with Crippen molar-refractivity contribution in [2.45, 2.75) is 6.54 Å². The SMILES string of the molecule is Nc1cc(NCCn2cccnc2=O)c2cc(Br)ccc2n1. The Balaban J connectivity index is 1.83. The molecule has 6 nitrogen and oxygen atoms in total. The largest absolute Gasteiger partial charge is 0.384 e. The third-order valence-corrected chi connectivity index (χ3v) is 3.73. The second-order valence-electron chi connectivity index (χ2n) is 4.78. The van der Waals surface area contributed by atoms with Crippen LogP contribution in [0.1, 0.15) is 0 Å². The number of nitrogens with zero attached hydrogens (tertiary/aromatic N) is 3. The van der Waals surface area contributed by atoms with Crippen LogP contribution in [0.5, 0.6) is 0 Å². The molecular formula is C15H14BrN5O. The summed E-state index contributed by atoms with van der Waals surface area (Å²) in [7, 11) is 0. The van der Waals surface area contributed by atoms with Crippen molar-refractivity contribution >= 4 is 38.3 Å². The van der Waals surface area contributed by atoms with E-state index in [9.17, 15) is 4.79 Å². The lowest BCUT2D eigenvalue weighted by Crippen LogP contribution is -2.24. The van der Waals surface area contributed by atoms with E-state index >= 15 is 0 Å². The average molecular weight is 360 g/mol. The first-order chi connectivity index (χ1) is 10.6. The van der Waals surface area contributed by atoms with Crippen LogP contribution in [0.2, 0.25) is 0 Å². The smallest absolute Gasteiger partial charge is 0.347 e. The molecule has 3 rings (SSSR count). The fourth-order valence-electron chi connectivity index (χ4n) is 2.23. The van der Waals surface area contributed by atoms with E-state index in [0.29, 0.717) is 18.9 Å². The number of anilines is 2. The van der Waals surface area contributed by atoms with E-state index in [1.165, 1.54) is 6.20 Å². The summed E-state index contributed by atoms with van der Waals surface area (Å²) in [6.45, 7) is 1.10. The van der Waals surface area contributed by atoms with Gasteiger partial charge in [-0.1, -0.05) is 15.9 Å². The second-order valence-corrected chi connectivity index (χ2v) is 5.69. The maximum Gasteiger partial charge on any atom is 0.347 e. The fourth-order valence-corrected chi connectivity index (χ4v) is 2.59. The molecule has 112 valence electrons. The molecule has 1 aromatic carbocycles. The molecule has 0 saturated carbocycles. The van der Waals surface area contributed by atoms with Gasteiger partial charge in [-0.05, 0) is 24.3 Å². The van der Waals surface area contributed by atoms with Gasteiger partial charge >= 0.3 is 5.69 Å². The van der Waals surface area contributed by atoms with Crippen LogP contribution in [0, 0.1) is 0 Å². The Bertz CT molecular complexity index is 877. The monoisotopic (exact) mass is 359 g/mol. The molecule has 0 radical (unpaired) electrons. The summed E-state index contributed by atoms with van der Waals surface area (Å²) in [6, 6.07) is 9.35. The molecule has 22 heavy (non-hydrogen) atoms. The number of aromatic nitrogens is 3. The maximum atomic E-state index is 11.6. The third kappa shape index (κ3) is 3.09. The highest BCUT2D eigenvalue weighted by atomic mass is 79.9. The van der Waals surface area contributed by atoms with Gasteiger partial charge in [0.05, 0.1) is 5.52 Å². The number of hydrogen-bond acceptors (Lipinski definition) is 5. The Morgan fingerprint density at radius 3 is 3.00 bits per heavy atom. The van der Waals surface area contributed by atoms with Crippen molar-refractivity contribution in [2.24, 2.45) is 0 Å². The van der Waals surface area contributed by atoms with Gasteiger partial charge in [-0.2, -0.15) is 0 Å². The molecule has 0 unspecified atom stereocenters. The molecular weight excluding hydrogens is 346 g/mol. The highest BCUT2D eigenvalue weighted by Gasteiger charge is 2.05. The normalized spacial score (nSPS) is 10.8. The van der Waals surface area contributed by atoms with Crippen molar-refractivity contribution in [3.63, 3.8) is 0 Å². The number of fused-ring (bicyclic) bond motifs is 1. The molecule has 0 fully saturated rings. The van der Waals surface area contributed by atoms with Crippen LogP contribution in [0.25, 0.3) is 10.9 Å². The Labute approximate surface area is 135 Å². The minimum Gasteiger partial charge on any atom is -0.384 e. The van der Waals surface area contributed by atoms with Crippen molar-refractivity contribution in [3.05, 3.63) is 57.7 Å². The van der Waals surface area contributed by atoms with E-state index in [4.69, 9.17) is 5.73 Å². The summed E-state index contributed by atoms with van der Waals surface area (Å²) in [4.78, 5) is 19.6. The summed E-state index contributed by atoms with van der Waals surface area (Å²) in [5.41, 5.74) is 7.30. The van der Waals surface area contributed by atoms with Gasteiger partial charge in [-0.3, -0.25) is 4.57 Å². The first-order valence-electron chi connectivity index (χ1n) is 6.74. The highest BCUT2D eigenvalue weighted by molar-refractivity contribution is 9.10. The van der Waals surface area contributed by atoms with Crippen molar-refractivity contribution < 1.29 is 0 Å². The Morgan fingerprint density at radius 2 is 2.18 bits per heavy atom. The van der Waals surface area contributed by atoms with Gasteiger partial charge in [-0.15, -0.1) is 0 Å². The zero-order valence-corrected chi connectivity index (χ0v) is 13.2. The number of nitrogens with one attached hydrogen (secondary N) is 1. The minimum atomic E-state index is -0.258. The Kier molecular flexibility index (Phi) is 4.06. The molecule has 3 aromatic rings. The molecule has 2 aromatic heterocycles. The molecule has 2 heterocycles. The van der Waals surface area contributed by atoms with Gasteiger partial charge in [0.2, 0.25) is 0 Å². The molecule has 0 amide bonds. The minimum absolute atomic E-state index is 0.258. The van der Waals surface area contributed by atoms with Crippen LogP contribution in [0.15, 0.2) is 52.0 Å². The molecule has 0 aliphatic rings. The Morgan fingerprint density at radius 1 is 1.32 bits per heavy atom. The van der Waals surface area contributed by atoms with Crippen molar-refractivity contribution in [1.29, 1.82) is 0 Å². The average Bonchev–Trinajstić information content (AvgIpc) is 2.50. The van der Waals surface area contributed by atoms with E-state index < -0.39 is 0 Å². The molecule has 0 aliphatic heterocycles. The fraction of sp³-hybridized carbons (Fsp3) is 0.133. The lowest BCUT2D eigenvalue weighted by Gasteiger charge is -2.11. The summed E-state index contributed by atoms with van der Waals surface area (Å²) in [5.74, 6) is 0.455. The van der Waals surface area contributed by atoms with E-state index in [2.05, 4.69) is 31.2 Å². The van der Waals surface area contributed by atoms with Crippen LogP contribution in [-0.4, -0.2) is 21.1 Å². The number of benzene rings is 1. The van der Waals surface area contributed by atoms with Crippen LogP contribution in [0.4, 0.5) is 11.5 Å². The molecule has 0 aliphatic carbocycles. The number of hydrogen-bond donors (Lipinski definition) is 2. The molecule has 7 heteroatoms. The van der Waals surface area contributed by atoms with Gasteiger partial charge in [0, 0.05) is 47.1 Å². The van der Waals surface area contributed by atoms with Crippen LogP contribution in [0.3, 0.4) is 0 Å². The number of halogens is 1. The van der Waals surface area contributed by atoms with E-state index in [0.717, 1.165) is 21.1 Å². The second kappa shape index (κ2) is 6.15. The van der Waals surface area contributed by atoms with Crippen molar-refractivity contribution in [1.82, 2.24) is 14.5 Å². The quantitative estimate of drug-likeness (QED) is 0.745. The van der Waals surface area contributed by atoms with Crippen molar-refractivity contribution in [3.8, 4) is 0 Å². The third-order valence-electron chi connectivity index (χ3n) is 3.24. The number of nitrogens with two attached hydrogens (primary N) is 1. The standard InChI is InChI=1S/C15H14BrN5O/c16-10-2-3-12-11(8-10)13(9-14(17)20-12)18-5-7-21-6-1-4-19-15(21)22/h1-4,6,8-9H,5,7H2,(H3,17,18,20). The van der Waals surface area contributed by atoms with Crippen LogP contribution >= 0.6 is 15.9 Å². The van der Waals surface area contributed by atoms with Crippen LogP contribution in [-0.2, 0) is 6.54 Å². The van der Waals surface area contributed by atoms with Gasteiger partial charge in [-0.25, -0.2) is 14.8 Å². The molecule has 0 bridgehead atoms. The Hall–Kier alpha value is -2.41. The summed E-state index contributed by atoms with van der Waals surface area (Å²) < 4.78 is 2.52. The van der Waals surface area contributed by atoms with Crippen molar-refractivity contribution in [2.75, 3.05) is 17.6 Å². The zero-order valence-electron chi connectivity index (χ0n) is 11.7. The molecule has 0 spiro atoms. The topological polar surface area (TPSA) is 85.8 Å². The molecule has 0 saturated heterocycles. The van der Waals surface area contributed by atoms with E-state index in [1.807, 2.05) is 18.2 Å². The first kappa shape index (κ1) is 14.5. The first-order valence-corrected chi connectivity index (χ1v) is 7.54. The van der Waals surface area contributed by atoms with E-state index in [1.54, 1.807) is 22.9 Å². The van der Waals surface area contributed by atoms with Gasteiger partial charge in [0.15, 0.2) is 0 Å². The summed E-state index contributed by atoms with van der Waals surface area (Å²) in [5, 5.41) is 4.28. The predicted molar refractivity (Wildman–Crippen MR) is 90.8 cm³/mol. The predicted octanol–water partition coefficient (Wildman–Crippen LogP) is 2.25. The highest BCUT2D eigenvalue weighted by Crippen LogP contribution is 2.27. The zero-order chi connectivity index (χ0) is 15.5. The molecule has 3 N–H and O–H groups in total. The lowest BCUT2D eigenvalue weighted by atomic mass is 10.2. The number of pyridine rings is 1.